The lowest BCUT2D eigenvalue weighted by atomic mass is 10.1. The topological polar surface area (TPSA) is 115 Å². The minimum atomic E-state index is -4.91. The molecule has 1 fully saturated rings. The van der Waals surface area contributed by atoms with Crippen LogP contribution in [0.15, 0.2) is 0 Å². The number of rotatable bonds is 2. The van der Waals surface area contributed by atoms with E-state index in [-0.39, 0.29) is 34.9 Å². The third-order valence-corrected chi connectivity index (χ3v) is 8.34. The third-order valence-electron chi connectivity index (χ3n) is 3.38. The summed E-state index contributed by atoms with van der Waals surface area (Å²) in [6.07, 6.45) is 0.960. The minimum absolute atomic E-state index is 0. The van der Waals surface area contributed by atoms with E-state index in [0.29, 0.717) is 19.4 Å². The zero-order valence-corrected chi connectivity index (χ0v) is 13.6. The summed E-state index contributed by atoms with van der Waals surface area (Å²) in [5, 5.41) is -2.28. The molecule has 1 rings (SSSR count). The highest BCUT2D eigenvalue weighted by Crippen LogP contribution is 2.74. The average Bonchev–Trinajstić information content (AvgIpc) is 1.97. The molecule has 1 aliphatic heterocycles. The fourth-order valence-electron chi connectivity index (χ4n) is 2.52. The Balaban J connectivity index is 0.00000256. The molecule has 0 aliphatic carbocycles. The maximum absolute atomic E-state index is 11.6. The van der Waals surface area contributed by atoms with Gasteiger partial charge in [0.15, 0.2) is 0 Å². The van der Waals surface area contributed by atoms with Crippen LogP contribution in [0, 0.1) is 0 Å². The van der Waals surface area contributed by atoms with Crippen LogP contribution < -0.4 is 24.0 Å². The van der Waals surface area contributed by atoms with Gasteiger partial charge in [-0.3, -0.25) is 9.13 Å². The zero-order valence-electron chi connectivity index (χ0n) is 9.65. The first-order valence-electron chi connectivity index (χ1n) is 4.90. The van der Waals surface area contributed by atoms with Gasteiger partial charge in [-0.1, -0.05) is 0 Å². The molecule has 0 saturated carbocycles. The Bertz CT molecular complexity index is 353. The van der Waals surface area contributed by atoms with Gasteiger partial charge in [-0.15, -0.1) is 0 Å². The molecule has 0 unspecified atom stereocenters. The smallest absolute Gasteiger partial charge is 0.398 e. The molecule has 104 valence electrons. The second-order valence-electron chi connectivity index (χ2n) is 4.73. The van der Waals surface area contributed by atoms with Gasteiger partial charge in [0.25, 0.3) is 5.02 Å². The van der Waals surface area contributed by atoms with E-state index in [1.165, 1.54) is 14.1 Å². The minimum Gasteiger partial charge on any atom is -1.00 e. The van der Waals surface area contributed by atoms with Crippen LogP contribution in [0.4, 0.5) is 0 Å². The van der Waals surface area contributed by atoms with E-state index in [0.717, 1.165) is 0 Å². The fourth-order valence-corrected chi connectivity index (χ4v) is 6.38. The Kier molecular flexibility index (Phi) is 5.47. The van der Waals surface area contributed by atoms with Crippen molar-refractivity contribution in [1.82, 2.24) is 0 Å². The summed E-state index contributed by atoms with van der Waals surface area (Å²) in [6.45, 7) is 0.343. The number of halogens is 1. The van der Waals surface area contributed by atoms with Crippen LogP contribution >= 0.6 is 15.2 Å². The van der Waals surface area contributed by atoms with Crippen LogP contribution in [-0.4, -0.2) is 49.7 Å². The summed E-state index contributed by atoms with van der Waals surface area (Å²) >= 11 is 0. The second kappa shape index (κ2) is 5.17. The molecule has 4 N–H and O–H groups in total. The molecule has 0 aromatic carbocycles. The predicted molar refractivity (Wildman–Crippen MR) is 57.6 cm³/mol. The van der Waals surface area contributed by atoms with Gasteiger partial charge in [0.1, 0.15) is 0 Å². The highest BCUT2D eigenvalue weighted by Gasteiger charge is 2.71. The molecule has 17 heavy (non-hydrogen) atoms. The van der Waals surface area contributed by atoms with Crippen molar-refractivity contribution in [2.75, 3.05) is 20.6 Å². The van der Waals surface area contributed by atoms with Crippen molar-refractivity contribution < 1.29 is 57.2 Å². The molecule has 0 radical (unpaired) electrons. The van der Waals surface area contributed by atoms with Crippen LogP contribution in [0.2, 0.25) is 0 Å². The van der Waals surface area contributed by atoms with Gasteiger partial charge in [0.2, 0.25) is 0 Å². The van der Waals surface area contributed by atoms with Crippen molar-refractivity contribution >= 4 is 15.2 Å². The quantitative estimate of drug-likeness (QED) is 0.227. The maximum Gasteiger partial charge on any atom is 0.398 e. The summed E-state index contributed by atoms with van der Waals surface area (Å²) in [6, 6.07) is 0. The lowest BCUT2D eigenvalue weighted by Gasteiger charge is -2.50. The van der Waals surface area contributed by atoms with Gasteiger partial charge >= 0.3 is 15.2 Å². The van der Waals surface area contributed by atoms with E-state index < -0.39 is 20.2 Å². The summed E-state index contributed by atoms with van der Waals surface area (Å²) in [5.41, 5.74) is 0. The molecule has 0 aromatic rings. The number of hydrogen-bond acceptors (Lipinski definition) is 2. The predicted octanol–water partition coefficient (Wildman–Crippen LogP) is -2.74. The van der Waals surface area contributed by atoms with Crippen LogP contribution in [0.5, 0.6) is 0 Å². The molecular weight excluding hydrogens is 383 g/mol. The molecule has 10 heteroatoms. The highest BCUT2D eigenvalue weighted by molar-refractivity contribution is 7.72. The first kappa shape index (κ1) is 18.0. The molecule has 0 aromatic heterocycles. The van der Waals surface area contributed by atoms with E-state index in [2.05, 4.69) is 0 Å². The number of hydrogen-bond donors (Lipinski definition) is 4. The van der Waals surface area contributed by atoms with Gasteiger partial charge in [-0.2, -0.15) is 0 Å². The zero-order chi connectivity index (χ0) is 12.8. The molecule has 0 bridgehead atoms. The molecule has 7 nitrogen and oxygen atoms in total. The number of quaternary nitrogens is 1. The molecule has 1 saturated heterocycles. The first-order chi connectivity index (χ1) is 6.96. The van der Waals surface area contributed by atoms with Gasteiger partial charge in [-0.05, 0) is 12.8 Å². The second-order valence-corrected chi connectivity index (χ2v) is 8.74. The van der Waals surface area contributed by atoms with Crippen molar-refractivity contribution in [1.29, 1.82) is 0 Å². The average molecular weight is 401 g/mol. The fraction of sp³-hybridized carbons (Fsp3) is 1.00. The van der Waals surface area contributed by atoms with Crippen molar-refractivity contribution in [2.45, 2.75) is 24.3 Å². The van der Waals surface area contributed by atoms with Crippen LogP contribution in [0.25, 0.3) is 0 Å². The lowest BCUT2D eigenvalue weighted by molar-refractivity contribution is -0.919. The Morgan fingerprint density at radius 3 is 1.65 bits per heavy atom. The summed E-state index contributed by atoms with van der Waals surface area (Å²) < 4.78 is 22.8. The van der Waals surface area contributed by atoms with E-state index in [4.69, 9.17) is 0 Å². The Labute approximate surface area is 117 Å². The van der Waals surface area contributed by atoms with E-state index in [1.807, 2.05) is 0 Å². The molecule has 0 spiro atoms. The Morgan fingerprint density at radius 1 is 1.00 bits per heavy atom. The monoisotopic (exact) mass is 401 g/mol. The van der Waals surface area contributed by atoms with Crippen LogP contribution in [0.1, 0.15) is 19.3 Å². The summed E-state index contributed by atoms with van der Waals surface area (Å²) in [4.78, 5) is 37.5. The largest absolute Gasteiger partial charge is 1.00 e. The molecule has 0 amide bonds. The van der Waals surface area contributed by atoms with Crippen molar-refractivity contribution in [3.05, 3.63) is 0 Å². The molecule has 1 heterocycles. The Hall–Kier alpha value is 0.990. The standard InChI is InChI=1S/C7H17NO6P2.HI/c1-8(2)6-4-3-5-7(8,15(9,10)11)16(12,13)14;/h3-6H2,1-2H3,(H3-,9,10,11,12,13,14);1H. The Morgan fingerprint density at radius 2 is 1.41 bits per heavy atom. The van der Waals surface area contributed by atoms with Crippen molar-refractivity contribution in [3.63, 3.8) is 0 Å². The normalized spacial score (nSPS) is 23.9. The maximum atomic E-state index is 11.6. The summed E-state index contributed by atoms with van der Waals surface area (Å²) in [7, 11) is -6.90. The molecular formula is C7H18INO6P2. The van der Waals surface area contributed by atoms with Gasteiger partial charge in [0, 0.05) is 6.42 Å². The van der Waals surface area contributed by atoms with E-state index in [9.17, 15) is 28.7 Å². The number of nitrogens with zero attached hydrogens (tertiary/aromatic N) is 1. The number of piperidine rings is 1. The molecule has 0 atom stereocenters. The van der Waals surface area contributed by atoms with E-state index >= 15 is 0 Å². The SMILES string of the molecule is C[N+]1(C)CCCCC1(P(=O)(O)O)P(=O)(O)O.[I-]. The van der Waals surface area contributed by atoms with Crippen LogP contribution in [0.3, 0.4) is 0 Å². The van der Waals surface area contributed by atoms with E-state index in [1.54, 1.807) is 0 Å². The van der Waals surface area contributed by atoms with Crippen LogP contribution in [-0.2, 0) is 9.13 Å². The highest BCUT2D eigenvalue weighted by atomic mass is 127. The van der Waals surface area contributed by atoms with Gasteiger partial charge in [-0.25, -0.2) is 0 Å². The van der Waals surface area contributed by atoms with Crippen molar-refractivity contribution in [3.8, 4) is 0 Å². The first-order valence-corrected chi connectivity index (χ1v) is 8.12. The van der Waals surface area contributed by atoms with Gasteiger partial charge < -0.3 is 48.0 Å². The third kappa shape index (κ3) is 2.79. The lowest BCUT2D eigenvalue weighted by Crippen LogP contribution is -3.00. The van der Waals surface area contributed by atoms with Gasteiger partial charge in [0.05, 0.1) is 20.6 Å². The number of likely N-dealkylation sites (tertiary alicyclic amines) is 1. The molecule has 1 aliphatic rings. The summed E-state index contributed by atoms with van der Waals surface area (Å²) in [5.74, 6) is 0. The van der Waals surface area contributed by atoms with Crippen molar-refractivity contribution in [2.24, 2.45) is 0 Å².